The summed E-state index contributed by atoms with van der Waals surface area (Å²) in [4.78, 5) is 7.29. The summed E-state index contributed by atoms with van der Waals surface area (Å²) in [7, 11) is 1.75. The Kier molecular flexibility index (Phi) is 5.85. The van der Waals surface area contributed by atoms with Crippen LogP contribution in [0.4, 0.5) is 0 Å². The Labute approximate surface area is 161 Å². The topological polar surface area (TPSA) is 30.3 Å². The van der Waals surface area contributed by atoms with Crippen molar-refractivity contribution >= 4 is 11.0 Å². The van der Waals surface area contributed by atoms with Crippen molar-refractivity contribution in [2.75, 3.05) is 26.8 Å². The van der Waals surface area contributed by atoms with E-state index in [-0.39, 0.29) is 0 Å². The van der Waals surface area contributed by atoms with Gasteiger partial charge in [-0.3, -0.25) is 4.90 Å². The molecule has 27 heavy (non-hydrogen) atoms. The van der Waals surface area contributed by atoms with Gasteiger partial charge >= 0.3 is 0 Å². The summed E-state index contributed by atoms with van der Waals surface area (Å²) < 4.78 is 7.36. The Balaban J connectivity index is 1.46. The molecule has 1 saturated heterocycles. The second kappa shape index (κ2) is 8.68. The van der Waals surface area contributed by atoms with Crippen LogP contribution in [0.3, 0.4) is 0 Å². The zero-order chi connectivity index (χ0) is 18.5. The zero-order valence-electron chi connectivity index (χ0n) is 16.2. The van der Waals surface area contributed by atoms with E-state index >= 15 is 0 Å². The molecule has 3 heterocycles. The summed E-state index contributed by atoms with van der Waals surface area (Å²) in [5.74, 6) is 0. The fraction of sp³-hybridized carbons (Fsp3) is 0.435. The highest BCUT2D eigenvalue weighted by Crippen LogP contribution is 2.24. The number of fused-ring (bicyclic) bond motifs is 1. The standard InChI is InChI=1S/C23H29N3O/c1-27-15-5-13-26-14-10-21-16-22(17-24-23(21)26)20-8-6-19(7-9-20)18-25-11-3-2-4-12-25/h6-10,14,16-17H,2-5,11-13,15,18H2,1H3. The van der Waals surface area contributed by atoms with Crippen LogP contribution in [0.25, 0.3) is 22.2 Å². The normalized spacial score (nSPS) is 15.4. The van der Waals surface area contributed by atoms with E-state index in [1.54, 1.807) is 7.11 Å². The van der Waals surface area contributed by atoms with Gasteiger partial charge in [-0.25, -0.2) is 4.98 Å². The lowest BCUT2D eigenvalue weighted by Crippen LogP contribution is -2.28. The number of hydrogen-bond acceptors (Lipinski definition) is 3. The molecule has 0 unspecified atom stereocenters. The van der Waals surface area contributed by atoms with Crippen molar-refractivity contribution in [3.63, 3.8) is 0 Å². The van der Waals surface area contributed by atoms with Gasteiger partial charge in [0.05, 0.1) is 0 Å². The molecule has 0 radical (unpaired) electrons. The quantitative estimate of drug-likeness (QED) is 0.569. The highest BCUT2D eigenvalue weighted by atomic mass is 16.5. The molecule has 4 rings (SSSR count). The number of aromatic nitrogens is 2. The second-order valence-electron chi connectivity index (χ2n) is 7.53. The van der Waals surface area contributed by atoms with Crippen LogP contribution in [-0.4, -0.2) is 41.3 Å². The maximum Gasteiger partial charge on any atom is 0.139 e. The van der Waals surface area contributed by atoms with Gasteiger partial charge < -0.3 is 9.30 Å². The molecule has 0 N–H and O–H groups in total. The smallest absolute Gasteiger partial charge is 0.139 e. The van der Waals surface area contributed by atoms with E-state index in [1.165, 1.54) is 54.4 Å². The van der Waals surface area contributed by atoms with E-state index in [0.717, 1.165) is 31.8 Å². The minimum atomic E-state index is 0.779. The molecule has 1 aromatic carbocycles. The summed E-state index contributed by atoms with van der Waals surface area (Å²) in [6.07, 6.45) is 9.19. The van der Waals surface area contributed by atoms with Gasteiger partial charge in [-0.05, 0) is 55.6 Å². The van der Waals surface area contributed by atoms with Gasteiger partial charge in [-0.15, -0.1) is 0 Å². The van der Waals surface area contributed by atoms with E-state index in [1.807, 2.05) is 6.20 Å². The number of nitrogens with zero attached hydrogens (tertiary/aromatic N) is 3. The van der Waals surface area contributed by atoms with Crippen molar-refractivity contribution in [3.05, 3.63) is 54.4 Å². The third-order valence-corrected chi connectivity index (χ3v) is 5.49. The molecule has 0 amide bonds. The van der Waals surface area contributed by atoms with Crippen molar-refractivity contribution in [3.8, 4) is 11.1 Å². The highest BCUT2D eigenvalue weighted by Gasteiger charge is 2.11. The van der Waals surface area contributed by atoms with E-state index in [0.29, 0.717) is 0 Å². The average Bonchev–Trinajstić information content (AvgIpc) is 3.12. The summed E-state index contributed by atoms with van der Waals surface area (Å²) in [5.41, 5.74) is 4.87. The monoisotopic (exact) mass is 363 g/mol. The molecule has 4 heteroatoms. The summed E-state index contributed by atoms with van der Waals surface area (Å²) in [6.45, 7) is 5.27. The molecule has 3 aromatic rings. The fourth-order valence-electron chi connectivity index (χ4n) is 3.97. The lowest BCUT2D eigenvalue weighted by atomic mass is 10.0. The summed E-state index contributed by atoms with van der Waals surface area (Å²) in [6, 6.07) is 13.4. The molecule has 2 aromatic heterocycles. The lowest BCUT2D eigenvalue weighted by Gasteiger charge is -2.26. The number of likely N-dealkylation sites (tertiary alicyclic amines) is 1. The van der Waals surface area contributed by atoms with Crippen LogP contribution in [0, 0.1) is 0 Å². The van der Waals surface area contributed by atoms with Crippen LogP contribution in [0.1, 0.15) is 31.2 Å². The SMILES string of the molecule is COCCCn1ccc2cc(-c3ccc(CN4CCCCC4)cc3)cnc21. The highest BCUT2D eigenvalue weighted by molar-refractivity contribution is 5.82. The number of piperidine rings is 1. The number of aryl methyl sites for hydroxylation is 1. The first-order chi connectivity index (χ1) is 13.3. The lowest BCUT2D eigenvalue weighted by molar-refractivity contribution is 0.190. The van der Waals surface area contributed by atoms with Gasteiger partial charge in [-0.1, -0.05) is 30.7 Å². The Morgan fingerprint density at radius 2 is 1.81 bits per heavy atom. The average molecular weight is 364 g/mol. The van der Waals surface area contributed by atoms with Crippen LogP contribution < -0.4 is 0 Å². The number of benzene rings is 1. The van der Waals surface area contributed by atoms with Crippen LogP contribution in [0.15, 0.2) is 48.8 Å². The van der Waals surface area contributed by atoms with Crippen molar-refractivity contribution < 1.29 is 4.74 Å². The third-order valence-electron chi connectivity index (χ3n) is 5.49. The molecule has 0 saturated carbocycles. The maximum atomic E-state index is 5.15. The Morgan fingerprint density at radius 1 is 1.00 bits per heavy atom. The number of pyridine rings is 1. The van der Waals surface area contributed by atoms with Gasteiger partial charge in [0.15, 0.2) is 0 Å². The second-order valence-corrected chi connectivity index (χ2v) is 7.53. The molecule has 1 aliphatic heterocycles. The third kappa shape index (κ3) is 4.40. The molecular weight excluding hydrogens is 334 g/mol. The molecular formula is C23H29N3O. The van der Waals surface area contributed by atoms with Gasteiger partial charge in [0.2, 0.25) is 0 Å². The van der Waals surface area contributed by atoms with Crippen LogP contribution in [-0.2, 0) is 17.8 Å². The van der Waals surface area contributed by atoms with Crippen molar-refractivity contribution in [2.45, 2.75) is 38.8 Å². The first-order valence-corrected chi connectivity index (χ1v) is 10.1. The summed E-state index contributed by atoms with van der Waals surface area (Å²) >= 11 is 0. The zero-order valence-corrected chi connectivity index (χ0v) is 16.2. The molecule has 0 atom stereocenters. The fourth-order valence-corrected chi connectivity index (χ4v) is 3.97. The van der Waals surface area contributed by atoms with E-state index < -0.39 is 0 Å². The molecule has 4 nitrogen and oxygen atoms in total. The van der Waals surface area contributed by atoms with Crippen molar-refractivity contribution in [2.24, 2.45) is 0 Å². The molecule has 142 valence electrons. The molecule has 0 bridgehead atoms. The van der Waals surface area contributed by atoms with Crippen molar-refractivity contribution in [1.29, 1.82) is 0 Å². The Bertz CT molecular complexity index is 863. The van der Waals surface area contributed by atoms with Gasteiger partial charge in [0.25, 0.3) is 0 Å². The van der Waals surface area contributed by atoms with Crippen LogP contribution >= 0.6 is 0 Å². The van der Waals surface area contributed by atoms with Crippen LogP contribution in [0.5, 0.6) is 0 Å². The Morgan fingerprint density at radius 3 is 2.59 bits per heavy atom. The Hall–Kier alpha value is -2.17. The van der Waals surface area contributed by atoms with E-state index in [4.69, 9.17) is 9.72 Å². The summed E-state index contributed by atoms with van der Waals surface area (Å²) in [5, 5.41) is 1.20. The van der Waals surface area contributed by atoms with E-state index in [2.05, 4.69) is 52.1 Å². The maximum absolute atomic E-state index is 5.15. The number of methoxy groups -OCH3 is 1. The van der Waals surface area contributed by atoms with E-state index in [9.17, 15) is 0 Å². The van der Waals surface area contributed by atoms with Gasteiger partial charge in [-0.2, -0.15) is 0 Å². The molecule has 1 fully saturated rings. The minimum absolute atomic E-state index is 0.779. The molecule has 0 aliphatic carbocycles. The van der Waals surface area contributed by atoms with Gasteiger partial charge in [0, 0.05) is 50.1 Å². The minimum Gasteiger partial charge on any atom is -0.385 e. The molecule has 1 aliphatic rings. The number of ether oxygens (including phenoxy) is 1. The molecule has 0 spiro atoms. The first-order valence-electron chi connectivity index (χ1n) is 10.1. The largest absolute Gasteiger partial charge is 0.385 e. The van der Waals surface area contributed by atoms with Gasteiger partial charge in [0.1, 0.15) is 5.65 Å². The number of rotatable bonds is 7. The predicted molar refractivity (Wildman–Crippen MR) is 111 cm³/mol. The predicted octanol–water partition coefficient (Wildman–Crippen LogP) is 4.73. The van der Waals surface area contributed by atoms with Crippen molar-refractivity contribution in [1.82, 2.24) is 14.5 Å². The first kappa shape index (κ1) is 18.2. The van der Waals surface area contributed by atoms with Crippen LogP contribution in [0.2, 0.25) is 0 Å². The number of hydrogen-bond donors (Lipinski definition) is 0.